The average Bonchev–Trinajstić information content (AvgIpc) is 3.16. The van der Waals surface area contributed by atoms with Crippen molar-refractivity contribution in [3.8, 4) is 0 Å². The van der Waals surface area contributed by atoms with Gasteiger partial charge < -0.3 is 48.3 Å². The van der Waals surface area contributed by atoms with Gasteiger partial charge in [0.1, 0.15) is 30.2 Å². The molecular weight excluding hydrogens is 779 g/mol. The molecule has 0 fully saturated rings. The largest absolute Gasteiger partial charge is 0.490 e. The normalized spacial score (nSPS) is 14.2. The van der Waals surface area contributed by atoms with Gasteiger partial charge in [0.15, 0.2) is 0 Å². The number of rotatable bonds is 22. The van der Waals surface area contributed by atoms with Crippen LogP contribution in [0.1, 0.15) is 71.4 Å². The van der Waals surface area contributed by atoms with E-state index in [0.29, 0.717) is 25.8 Å². The average molecular weight is 838 g/mol. The summed E-state index contributed by atoms with van der Waals surface area (Å²) in [5.74, 6) is -7.48. The molecule has 2 aromatic rings. The predicted octanol–water partition coefficient (Wildman–Crippen LogP) is 1.79. The minimum Gasteiger partial charge on any atom is -0.480 e. The first-order chi connectivity index (χ1) is 27.6. The van der Waals surface area contributed by atoms with E-state index in [-0.39, 0.29) is 18.8 Å². The molecule has 5 amide bonds. The van der Waals surface area contributed by atoms with Crippen LogP contribution in [0.2, 0.25) is 0 Å². The Kier molecular flexibility index (Phi) is 22.4. The van der Waals surface area contributed by atoms with E-state index >= 15 is 0 Å². The molecule has 2 rings (SSSR count). The van der Waals surface area contributed by atoms with Crippen molar-refractivity contribution in [2.24, 2.45) is 23.3 Å². The molecular formula is C40H58F3N7O9. The SMILES string of the molecule is CC(C)C[C@@H](NC(=O)[C@H](N)CCCCN)C(=O)N[C@@H](C(=O)N[C@H](Cc1ccccc1)C(=O)N[C@H](Cc1ccccc1)C(=O)N[C@H](C)C(=O)O)C(C)C.O=C(O)C(F)(F)F. The number of nitrogens with one attached hydrogen (secondary N) is 5. The van der Waals surface area contributed by atoms with Crippen LogP contribution in [-0.4, -0.2) is 101 Å². The van der Waals surface area contributed by atoms with Crippen LogP contribution in [0.3, 0.4) is 0 Å². The number of carbonyl (C=O) groups is 7. The van der Waals surface area contributed by atoms with Crippen LogP contribution in [-0.2, 0) is 46.4 Å². The number of nitrogens with two attached hydrogens (primary N) is 2. The third kappa shape index (κ3) is 20.1. The van der Waals surface area contributed by atoms with Crippen molar-refractivity contribution < 1.29 is 56.9 Å². The zero-order valence-corrected chi connectivity index (χ0v) is 33.9. The topological polar surface area (TPSA) is 272 Å². The molecule has 0 aromatic heterocycles. The molecule has 16 nitrogen and oxygen atoms in total. The van der Waals surface area contributed by atoms with Gasteiger partial charge in [-0.1, -0.05) is 94.8 Å². The molecule has 0 bridgehead atoms. The van der Waals surface area contributed by atoms with E-state index in [2.05, 4.69) is 26.6 Å². The second-order valence-electron chi connectivity index (χ2n) is 14.7. The van der Waals surface area contributed by atoms with Crippen LogP contribution in [0.5, 0.6) is 0 Å². The molecule has 0 radical (unpaired) electrons. The molecule has 0 unspecified atom stereocenters. The van der Waals surface area contributed by atoms with Crippen molar-refractivity contribution in [1.82, 2.24) is 26.6 Å². The Morgan fingerprint density at radius 1 is 0.627 bits per heavy atom. The summed E-state index contributed by atoms with van der Waals surface area (Å²) >= 11 is 0. The maximum Gasteiger partial charge on any atom is 0.490 e. The summed E-state index contributed by atoms with van der Waals surface area (Å²) in [4.78, 5) is 88.0. The molecule has 2 aromatic carbocycles. The van der Waals surface area contributed by atoms with E-state index in [9.17, 15) is 47.0 Å². The molecule has 0 aliphatic heterocycles. The van der Waals surface area contributed by atoms with E-state index in [1.54, 1.807) is 68.4 Å². The number of hydrogen-bond donors (Lipinski definition) is 9. The van der Waals surface area contributed by atoms with Crippen LogP contribution in [0.25, 0.3) is 0 Å². The van der Waals surface area contributed by atoms with Crippen LogP contribution >= 0.6 is 0 Å². The van der Waals surface area contributed by atoms with Gasteiger partial charge in [0, 0.05) is 12.8 Å². The third-order valence-electron chi connectivity index (χ3n) is 8.70. The summed E-state index contributed by atoms with van der Waals surface area (Å²) in [5, 5.41) is 29.9. The maximum absolute atomic E-state index is 14.0. The first-order valence-electron chi connectivity index (χ1n) is 19.1. The number of unbranched alkanes of at least 4 members (excludes halogenated alkanes) is 1. The van der Waals surface area contributed by atoms with Gasteiger partial charge in [-0.2, -0.15) is 13.2 Å². The second-order valence-corrected chi connectivity index (χ2v) is 14.7. The first-order valence-corrected chi connectivity index (χ1v) is 19.1. The standard InChI is InChI=1S/C38H57N7O7.C2HF3O2/c1-23(2)20-29(42-33(46)28(40)18-12-13-19-39)36(49)45-32(24(3)4)37(50)44-31(22-27-16-10-7-11-17-27)35(48)43-30(21-26-14-8-6-9-15-26)34(47)41-25(5)38(51)52;3-2(4,5)1(6)7/h6-11,14-17,23-25,28-32H,12-13,18-22,39-40H2,1-5H3,(H,41,47)(H,42,46)(H,43,48)(H,44,50)(H,45,49)(H,51,52);(H,6,7)/t25-,28-,29-,30-,31-,32-;/m1./s1. The highest BCUT2D eigenvalue weighted by atomic mass is 19.4. The number of alkyl halides is 3. The summed E-state index contributed by atoms with van der Waals surface area (Å²) in [6.45, 7) is 9.08. The minimum absolute atomic E-state index is 0.0225. The van der Waals surface area contributed by atoms with Crippen molar-refractivity contribution in [3.63, 3.8) is 0 Å². The molecule has 19 heteroatoms. The lowest BCUT2D eigenvalue weighted by Gasteiger charge is -2.29. The summed E-state index contributed by atoms with van der Waals surface area (Å²) in [7, 11) is 0. The molecule has 0 heterocycles. The number of hydrogen-bond acceptors (Lipinski definition) is 9. The number of amides is 5. The Labute approximate surface area is 341 Å². The van der Waals surface area contributed by atoms with Gasteiger partial charge in [-0.3, -0.25) is 28.8 Å². The lowest BCUT2D eigenvalue weighted by atomic mass is 9.98. The predicted molar refractivity (Wildman–Crippen MR) is 212 cm³/mol. The maximum atomic E-state index is 14.0. The Hall–Kier alpha value is -5.56. The van der Waals surface area contributed by atoms with Crippen LogP contribution in [0.15, 0.2) is 60.7 Å². The zero-order valence-electron chi connectivity index (χ0n) is 33.9. The first kappa shape index (κ1) is 51.5. The number of aliphatic carboxylic acids is 2. The number of carboxylic acid groups (broad SMARTS) is 2. The lowest BCUT2D eigenvalue weighted by molar-refractivity contribution is -0.192. The summed E-state index contributed by atoms with van der Waals surface area (Å²) in [6.07, 6.45) is -2.89. The zero-order chi connectivity index (χ0) is 44.9. The van der Waals surface area contributed by atoms with Crippen LogP contribution < -0.4 is 38.1 Å². The van der Waals surface area contributed by atoms with E-state index in [0.717, 1.165) is 17.5 Å². The summed E-state index contributed by atoms with van der Waals surface area (Å²) in [5.41, 5.74) is 13.1. The van der Waals surface area contributed by atoms with Crippen LogP contribution in [0, 0.1) is 11.8 Å². The fourth-order valence-electron chi connectivity index (χ4n) is 5.44. The second kappa shape index (κ2) is 25.7. The van der Waals surface area contributed by atoms with E-state index in [1.807, 2.05) is 19.9 Å². The van der Waals surface area contributed by atoms with Crippen molar-refractivity contribution in [2.45, 2.75) is 116 Å². The molecule has 0 aliphatic rings. The highest BCUT2D eigenvalue weighted by molar-refractivity contribution is 5.96. The van der Waals surface area contributed by atoms with Gasteiger partial charge in [-0.05, 0) is 55.7 Å². The van der Waals surface area contributed by atoms with Crippen molar-refractivity contribution in [2.75, 3.05) is 6.54 Å². The molecule has 328 valence electrons. The van der Waals surface area contributed by atoms with Crippen molar-refractivity contribution in [3.05, 3.63) is 71.8 Å². The van der Waals surface area contributed by atoms with Crippen molar-refractivity contribution in [1.29, 1.82) is 0 Å². The van der Waals surface area contributed by atoms with Gasteiger partial charge in [-0.25, -0.2) is 4.79 Å². The van der Waals surface area contributed by atoms with Gasteiger partial charge in [-0.15, -0.1) is 0 Å². The molecule has 0 spiro atoms. The van der Waals surface area contributed by atoms with Gasteiger partial charge >= 0.3 is 18.1 Å². The Morgan fingerprint density at radius 2 is 1.05 bits per heavy atom. The molecule has 0 aliphatic carbocycles. The third-order valence-corrected chi connectivity index (χ3v) is 8.70. The van der Waals surface area contributed by atoms with E-state index in [1.165, 1.54) is 6.92 Å². The Bertz CT molecular complexity index is 1670. The summed E-state index contributed by atoms with van der Waals surface area (Å²) in [6, 6.07) is 11.4. The quantitative estimate of drug-likeness (QED) is 0.0772. The van der Waals surface area contributed by atoms with Crippen molar-refractivity contribution >= 4 is 41.5 Å². The van der Waals surface area contributed by atoms with Gasteiger partial charge in [0.05, 0.1) is 6.04 Å². The van der Waals surface area contributed by atoms with Gasteiger partial charge in [0.25, 0.3) is 0 Å². The Morgan fingerprint density at radius 3 is 1.46 bits per heavy atom. The fraction of sp³-hybridized carbons (Fsp3) is 0.525. The molecule has 59 heavy (non-hydrogen) atoms. The smallest absolute Gasteiger partial charge is 0.480 e. The Balaban J connectivity index is 0.00000227. The number of benzene rings is 2. The van der Waals surface area contributed by atoms with Crippen LogP contribution in [0.4, 0.5) is 13.2 Å². The number of halogens is 3. The highest BCUT2D eigenvalue weighted by Gasteiger charge is 2.38. The number of carbonyl (C=O) groups excluding carboxylic acids is 5. The van der Waals surface area contributed by atoms with Gasteiger partial charge in [0.2, 0.25) is 29.5 Å². The van der Waals surface area contributed by atoms with E-state index in [4.69, 9.17) is 21.4 Å². The minimum atomic E-state index is -5.08. The summed E-state index contributed by atoms with van der Waals surface area (Å²) < 4.78 is 31.7. The molecule has 11 N–H and O–H groups in total. The monoisotopic (exact) mass is 837 g/mol. The molecule has 0 saturated carbocycles. The molecule has 6 atom stereocenters. The number of carboxylic acids is 2. The fourth-order valence-corrected chi connectivity index (χ4v) is 5.44. The van der Waals surface area contributed by atoms with E-state index < -0.39 is 89.8 Å². The highest BCUT2D eigenvalue weighted by Crippen LogP contribution is 2.14. The molecule has 0 saturated heterocycles. The lowest BCUT2D eigenvalue weighted by Crippen LogP contribution is -2.60.